The van der Waals surface area contributed by atoms with Crippen LogP contribution in [0.4, 0.5) is 4.79 Å². The van der Waals surface area contributed by atoms with Crippen molar-refractivity contribution in [1.29, 1.82) is 0 Å². The second-order valence-electron chi connectivity index (χ2n) is 16.4. The van der Waals surface area contributed by atoms with Crippen LogP contribution in [0.15, 0.2) is 0 Å². The summed E-state index contributed by atoms with van der Waals surface area (Å²) in [6.45, 7) is 5.20. The van der Waals surface area contributed by atoms with E-state index < -0.39 is 6.09 Å². The van der Waals surface area contributed by atoms with Crippen LogP contribution in [-0.4, -0.2) is 53.1 Å². The number of nitrogens with zero attached hydrogens (tertiary/aromatic N) is 1. The summed E-state index contributed by atoms with van der Waals surface area (Å²) >= 11 is 2.16. The van der Waals surface area contributed by atoms with E-state index in [0.29, 0.717) is 19.0 Å². The fraction of sp³-hybridized carbons (Fsp3) is 0.956. The first-order valence-corrected chi connectivity index (χ1v) is 24.1. The summed E-state index contributed by atoms with van der Waals surface area (Å²) in [4.78, 5) is 27.6. The van der Waals surface area contributed by atoms with E-state index in [0.717, 1.165) is 37.8 Å². The second kappa shape index (κ2) is 33.8. The molecular weight excluding hydrogens is 649 g/mol. The minimum Gasteiger partial charge on any atom is -0.376 e. The van der Waals surface area contributed by atoms with Crippen LogP contribution in [-0.2, 0) is 9.53 Å². The normalized spacial score (nSPS) is 16.5. The van der Waals surface area contributed by atoms with Crippen LogP contribution in [0, 0.1) is 0 Å². The smallest absolute Gasteiger partial charge is 0.376 e. The van der Waals surface area contributed by atoms with Gasteiger partial charge in [-0.15, -0.1) is 0 Å². The van der Waals surface area contributed by atoms with E-state index in [1.54, 1.807) is 0 Å². The van der Waals surface area contributed by atoms with Gasteiger partial charge in [0.05, 0.1) is 0 Å². The van der Waals surface area contributed by atoms with Crippen LogP contribution in [0.25, 0.3) is 0 Å². The Morgan fingerprint density at radius 2 is 1.02 bits per heavy atom. The topological polar surface area (TPSA) is 58.6 Å². The van der Waals surface area contributed by atoms with E-state index in [2.05, 4.69) is 35.8 Å². The fourth-order valence-electron chi connectivity index (χ4n) is 8.75. The highest BCUT2D eigenvalue weighted by molar-refractivity contribution is 7.99. The third-order valence-electron chi connectivity index (χ3n) is 11.8. The van der Waals surface area contributed by atoms with E-state index in [4.69, 9.17) is 4.74 Å². The third kappa shape index (κ3) is 25.1. The summed E-state index contributed by atoms with van der Waals surface area (Å²) in [5.74, 6) is 2.32. The molecule has 0 aliphatic heterocycles. The highest BCUT2D eigenvalue weighted by Gasteiger charge is 2.33. The molecule has 1 N–H and O–H groups in total. The van der Waals surface area contributed by atoms with Crippen LogP contribution < -0.4 is 5.32 Å². The number of unbranched alkanes of at least 4 members (excludes halogenated alkanes) is 18. The van der Waals surface area contributed by atoms with Gasteiger partial charge >= 0.3 is 12.1 Å². The standard InChI is InChI=1S/C45H86N2O3S/c1-3-5-7-8-9-10-12-15-18-29-39-51-40-30-19-16-13-11-14-17-28-38-46-45(49)50-44(48)37-27-26-36-41(31-6-4-2)47(42-32-22-20-23-33-42)43-34-24-21-25-35-43/h41-43H,3-40H2,1-2H3,(H,46,49). The van der Waals surface area contributed by atoms with E-state index >= 15 is 0 Å². The molecule has 2 fully saturated rings. The van der Waals surface area contributed by atoms with Gasteiger partial charge in [0.1, 0.15) is 0 Å². The molecular formula is C45H86N2O3S. The van der Waals surface area contributed by atoms with Crippen molar-refractivity contribution in [2.24, 2.45) is 0 Å². The van der Waals surface area contributed by atoms with Crippen molar-refractivity contribution in [2.45, 2.75) is 257 Å². The molecule has 0 aromatic rings. The first-order chi connectivity index (χ1) is 25.2. The molecule has 0 saturated heterocycles. The minimum absolute atomic E-state index is 0.346. The lowest BCUT2D eigenvalue weighted by molar-refractivity contribution is -0.137. The SMILES string of the molecule is CCCCCCCCCCCCSCCCCCCCCCCNC(=O)OC(=O)CCCCC(CCCC)N(C1CCCCC1)C1CCCCC1. The molecule has 2 aliphatic carbocycles. The predicted octanol–water partition coefficient (Wildman–Crippen LogP) is 14.1. The summed E-state index contributed by atoms with van der Waals surface area (Å²) < 4.78 is 5.11. The van der Waals surface area contributed by atoms with E-state index in [9.17, 15) is 9.59 Å². The van der Waals surface area contributed by atoms with Crippen molar-refractivity contribution in [2.75, 3.05) is 18.1 Å². The summed E-state index contributed by atoms with van der Waals surface area (Å²) in [5.41, 5.74) is 0. The lowest BCUT2D eigenvalue weighted by Crippen LogP contribution is -2.51. The largest absolute Gasteiger partial charge is 0.414 e. The molecule has 300 valence electrons. The van der Waals surface area contributed by atoms with Gasteiger partial charge < -0.3 is 10.1 Å². The number of ether oxygens (including phenoxy) is 1. The molecule has 51 heavy (non-hydrogen) atoms. The van der Waals surface area contributed by atoms with Crippen LogP contribution in [0.3, 0.4) is 0 Å². The number of carbonyl (C=O) groups excluding carboxylic acids is 2. The maximum atomic E-state index is 12.4. The molecule has 2 rings (SSSR count). The molecule has 0 heterocycles. The number of alkyl carbamates (subject to hydrolysis) is 1. The maximum absolute atomic E-state index is 12.4. The predicted molar refractivity (Wildman–Crippen MR) is 223 cm³/mol. The van der Waals surface area contributed by atoms with Crippen molar-refractivity contribution >= 4 is 23.8 Å². The molecule has 0 bridgehead atoms. The van der Waals surface area contributed by atoms with Crippen molar-refractivity contribution in [3.63, 3.8) is 0 Å². The maximum Gasteiger partial charge on any atom is 0.414 e. The Morgan fingerprint density at radius 3 is 1.53 bits per heavy atom. The average Bonchev–Trinajstić information content (AvgIpc) is 3.15. The molecule has 0 radical (unpaired) electrons. The second-order valence-corrected chi connectivity index (χ2v) is 17.6. The lowest BCUT2D eigenvalue weighted by atomic mass is 9.85. The Kier molecular flexibility index (Phi) is 30.7. The van der Waals surface area contributed by atoms with Gasteiger partial charge in [0.15, 0.2) is 0 Å². The molecule has 1 atom stereocenters. The lowest BCUT2D eigenvalue weighted by Gasteiger charge is -2.46. The number of amides is 1. The van der Waals surface area contributed by atoms with Gasteiger partial charge in [0, 0.05) is 31.1 Å². The number of thioether (sulfide) groups is 1. The minimum atomic E-state index is -0.562. The van der Waals surface area contributed by atoms with Gasteiger partial charge in [-0.1, -0.05) is 168 Å². The Bertz CT molecular complexity index is 780. The van der Waals surface area contributed by atoms with Gasteiger partial charge in [-0.05, 0) is 75.7 Å². The van der Waals surface area contributed by atoms with Gasteiger partial charge in [0.2, 0.25) is 0 Å². The third-order valence-corrected chi connectivity index (χ3v) is 13.0. The molecule has 0 aromatic carbocycles. The Balaban J connectivity index is 1.41. The summed E-state index contributed by atoms with van der Waals surface area (Å²) in [5, 5.41) is 2.80. The zero-order valence-corrected chi connectivity index (χ0v) is 35.0. The van der Waals surface area contributed by atoms with E-state index in [-0.39, 0.29) is 5.97 Å². The first-order valence-electron chi connectivity index (χ1n) is 23.0. The number of carbonyl (C=O) groups is 2. The number of esters is 1. The van der Waals surface area contributed by atoms with Crippen LogP contribution in [0.5, 0.6) is 0 Å². The Morgan fingerprint density at radius 1 is 0.569 bits per heavy atom. The van der Waals surface area contributed by atoms with E-state index in [1.807, 2.05) is 0 Å². The molecule has 6 heteroatoms. The Labute approximate surface area is 322 Å². The van der Waals surface area contributed by atoms with Crippen molar-refractivity contribution in [3.8, 4) is 0 Å². The number of hydrogen-bond donors (Lipinski definition) is 1. The number of nitrogens with one attached hydrogen (secondary N) is 1. The highest BCUT2D eigenvalue weighted by Crippen LogP contribution is 2.34. The highest BCUT2D eigenvalue weighted by atomic mass is 32.2. The average molecular weight is 735 g/mol. The van der Waals surface area contributed by atoms with Crippen LogP contribution >= 0.6 is 11.8 Å². The monoisotopic (exact) mass is 735 g/mol. The quantitative estimate of drug-likeness (QED) is 0.0413. The van der Waals surface area contributed by atoms with Crippen LogP contribution in [0.2, 0.25) is 0 Å². The van der Waals surface area contributed by atoms with Crippen molar-refractivity contribution in [1.82, 2.24) is 10.2 Å². The van der Waals surface area contributed by atoms with Crippen molar-refractivity contribution in [3.05, 3.63) is 0 Å². The van der Waals surface area contributed by atoms with Crippen molar-refractivity contribution < 1.29 is 14.3 Å². The summed E-state index contributed by atoms with van der Waals surface area (Å²) in [6, 6.07) is 2.17. The molecule has 1 unspecified atom stereocenters. The molecule has 0 aromatic heterocycles. The van der Waals surface area contributed by atoms with E-state index in [1.165, 1.54) is 204 Å². The van der Waals surface area contributed by atoms with Gasteiger partial charge in [-0.3, -0.25) is 9.69 Å². The van der Waals surface area contributed by atoms with Gasteiger partial charge in [0.25, 0.3) is 0 Å². The number of hydrogen-bond acceptors (Lipinski definition) is 5. The van der Waals surface area contributed by atoms with Gasteiger partial charge in [-0.25, -0.2) is 4.79 Å². The Hall–Kier alpha value is -0.750. The zero-order valence-electron chi connectivity index (χ0n) is 34.2. The first kappa shape index (κ1) is 46.4. The molecule has 1 amide bonds. The molecule has 0 spiro atoms. The summed E-state index contributed by atoms with van der Waals surface area (Å²) in [7, 11) is 0. The van der Waals surface area contributed by atoms with Crippen LogP contribution in [0.1, 0.15) is 239 Å². The zero-order chi connectivity index (χ0) is 36.5. The molecule has 2 aliphatic rings. The van der Waals surface area contributed by atoms with Gasteiger partial charge in [-0.2, -0.15) is 11.8 Å². The fourth-order valence-corrected chi connectivity index (χ4v) is 9.77. The molecule has 5 nitrogen and oxygen atoms in total. The number of rotatable bonds is 33. The summed E-state index contributed by atoms with van der Waals surface area (Å²) in [6.07, 6.45) is 44.8. The molecule has 2 saturated carbocycles.